The number of imidazole rings is 1. The van der Waals surface area contributed by atoms with E-state index < -0.39 is 46.1 Å². The van der Waals surface area contributed by atoms with Gasteiger partial charge in [-0.05, 0) is 54.9 Å². The first-order valence-corrected chi connectivity index (χ1v) is 21.2. The maximum atomic E-state index is 14.2. The number of aromatic nitrogens is 3. The number of aromatic amines is 1. The molecule has 0 radical (unpaired) electrons. The minimum Gasteiger partial charge on any atom is -0.391 e. The number of aliphatic hydroxyl groups is 1. The van der Waals surface area contributed by atoms with E-state index in [4.69, 9.17) is 0 Å². The van der Waals surface area contributed by atoms with Gasteiger partial charge in [0, 0.05) is 61.0 Å². The molecule has 6 N–H and O–H groups in total. The summed E-state index contributed by atoms with van der Waals surface area (Å²) in [6, 6.07) is 13.0. The number of nitrogens with one attached hydrogen (secondary N) is 5. The van der Waals surface area contributed by atoms with E-state index in [-0.39, 0.29) is 53.8 Å². The Morgan fingerprint density at radius 1 is 0.877 bits per heavy atom. The summed E-state index contributed by atoms with van der Waals surface area (Å²) >= 11 is 0. The molecule has 0 aliphatic heterocycles. The highest BCUT2D eigenvalue weighted by molar-refractivity contribution is 7.89. The Hall–Kier alpha value is -4.86. The smallest absolute Gasteiger partial charge is 0.243 e. The van der Waals surface area contributed by atoms with Gasteiger partial charge in [-0.3, -0.25) is 19.4 Å². The molecule has 0 spiro atoms. The molecule has 0 saturated heterocycles. The van der Waals surface area contributed by atoms with E-state index in [1.807, 2.05) is 78.7 Å². The van der Waals surface area contributed by atoms with Crippen molar-refractivity contribution in [3.63, 3.8) is 0 Å². The van der Waals surface area contributed by atoms with Gasteiger partial charge in [-0.1, -0.05) is 78.3 Å². The Bertz CT molecular complexity index is 2020. The fourth-order valence-corrected chi connectivity index (χ4v) is 8.32. The molecule has 0 aliphatic carbocycles. The third kappa shape index (κ3) is 12.3. The largest absolute Gasteiger partial charge is 0.391 e. The normalized spacial score (nSPS) is 15.1. The minimum atomic E-state index is -4.26. The van der Waals surface area contributed by atoms with Gasteiger partial charge in [-0.2, -0.15) is 4.72 Å². The van der Waals surface area contributed by atoms with Crippen molar-refractivity contribution in [2.75, 3.05) is 19.0 Å². The van der Waals surface area contributed by atoms with Crippen LogP contribution < -0.4 is 25.6 Å². The number of fused-ring (bicyclic) bond motifs is 1. The lowest BCUT2D eigenvalue weighted by Crippen LogP contribution is -2.55. The number of nitrogens with zero attached hydrogens (tertiary/aromatic N) is 3. The Morgan fingerprint density at radius 2 is 1.60 bits per heavy atom. The maximum Gasteiger partial charge on any atom is 0.243 e. The summed E-state index contributed by atoms with van der Waals surface area (Å²) in [5.74, 6) is -2.43. The fourth-order valence-electron chi connectivity index (χ4n) is 6.91. The van der Waals surface area contributed by atoms with Crippen LogP contribution in [0.15, 0.2) is 78.2 Å². The summed E-state index contributed by atoms with van der Waals surface area (Å²) in [6.07, 6.45) is 4.38. The van der Waals surface area contributed by atoms with Crippen molar-refractivity contribution in [1.82, 2.24) is 35.6 Å². The number of amides is 3. The lowest BCUT2D eigenvalue weighted by atomic mass is 9.85. The predicted molar refractivity (Wildman–Crippen MR) is 222 cm³/mol. The molecule has 2 aromatic heterocycles. The molecule has 14 nitrogen and oxygen atoms in total. The number of pyridine rings is 1. The molecule has 0 saturated carbocycles. The maximum absolute atomic E-state index is 14.2. The van der Waals surface area contributed by atoms with Gasteiger partial charge in [-0.15, -0.1) is 0 Å². The van der Waals surface area contributed by atoms with E-state index in [1.165, 1.54) is 18.6 Å². The van der Waals surface area contributed by atoms with Crippen molar-refractivity contribution in [2.45, 2.75) is 103 Å². The Balaban J connectivity index is 1.55. The van der Waals surface area contributed by atoms with E-state index in [9.17, 15) is 27.9 Å². The minimum absolute atomic E-state index is 0.00883. The average Bonchev–Trinajstić information content (AvgIpc) is 3.69. The van der Waals surface area contributed by atoms with Gasteiger partial charge >= 0.3 is 0 Å². The lowest BCUT2D eigenvalue weighted by molar-refractivity contribution is -0.134. The highest BCUT2D eigenvalue weighted by Gasteiger charge is 2.36. The number of carbonyl (C=O) groups excluding carboxylic acids is 3. The number of hydrogen-bond acceptors (Lipinski definition) is 9. The second-order valence-corrected chi connectivity index (χ2v) is 17.5. The molecule has 1 unspecified atom stereocenters. The molecule has 0 aliphatic rings. The zero-order valence-electron chi connectivity index (χ0n) is 34.3. The first-order chi connectivity index (χ1) is 27.0. The summed E-state index contributed by atoms with van der Waals surface area (Å²) in [5.41, 5.74) is 2.06. The highest BCUT2D eigenvalue weighted by atomic mass is 32.2. The van der Waals surface area contributed by atoms with E-state index in [1.54, 1.807) is 36.5 Å². The Morgan fingerprint density at radius 3 is 2.21 bits per heavy atom. The molecule has 15 heteroatoms. The summed E-state index contributed by atoms with van der Waals surface area (Å²) < 4.78 is 30.9. The number of sulfonamides is 1. The zero-order chi connectivity index (χ0) is 41.9. The van der Waals surface area contributed by atoms with E-state index in [0.717, 1.165) is 11.1 Å². The quantitative estimate of drug-likeness (QED) is 0.0711. The van der Waals surface area contributed by atoms with E-state index in [2.05, 4.69) is 35.6 Å². The Labute approximate surface area is 337 Å². The predicted octanol–water partition coefficient (Wildman–Crippen LogP) is 4.31. The molecule has 4 aromatic rings. The molecule has 0 fully saturated rings. The van der Waals surface area contributed by atoms with Crippen LogP contribution in [0, 0.1) is 23.7 Å². The van der Waals surface area contributed by atoms with E-state index in [0.29, 0.717) is 29.6 Å². The van der Waals surface area contributed by atoms with Crippen LogP contribution >= 0.6 is 0 Å². The van der Waals surface area contributed by atoms with Crippen molar-refractivity contribution in [3.05, 3.63) is 84.7 Å². The van der Waals surface area contributed by atoms with Gasteiger partial charge in [0.2, 0.25) is 27.7 Å². The number of H-pyrrole nitrogens is 1. The third-order valence-electron chi connectivity index (χ3n) is 10.3. The van der Waals surface area contributed by atoms with Gasteiger partial charge < -0.3 is 30.9 Å². The third-order valence-corrected chi connectivity index (χ3v) is 11.9. The number of carbonyl (C=O) groups is 3. The van der Waals surface area contributed by atoms with Crippen molar-refractivity contribution in [3.8, 4) is 0 Å². The van der Waals surface area contributed by atoms with Gasteiger partial charge in [0.25, 0.3) is 0 Å². The van der Waals surface area contributed by atoms with Gasteiger partial charge in [0.1, 0.15) is 12.1 Å². The molecular weight excluding hydrogens is 745 g/mol. The first-order valence-electron chi connectivity index (χ1n) is 19.7. The molecule has 3 amide bonds. The molecule has 2 heterocycles. The van der Waals surface area contributed by atoms with Crippen molar-refractivity contribution >= 4 is 44.2 Å². The van der Waals surface area contributed by atoms with Gasteiger partial charge in [0.15, 0.2) is 0 Å². The molecule has 4 rings (SSSR count). The highest BCUT2D eigenvalue weighted by Crippen LogP contribution is 2.30. The standard InChI is InChI=1S/C42H60N8O6S/c1-9-28(6)39(42(54)45-24-29-14-10-11-19-44-29)48-40(52)33(27(4)5)22-37(51)34(20-26(2)3)47-41(53)35(21-30-23-43-25-46-30)49-57(55,56)38-18-13-15-31-32(38)16-12-17-36(31)50(7)8/h10-19,23,25-28,33-35,37,39,49,51H,9,20-22,24H2,1-8H3,(H,43,46)(H,45,54)(H,47,53)(H,48,52)/t28-,33-,34-,35-,37?,39-/m0/s1. The second kappa shape index (κ2) is 20.5. The molecule has 0 bridgehead atoms. The average molecular weight is 805 g/mol. The summed E-state index contributed by atoms with van der Waals surface area (Å²) in [5, 5.41) is 21.8. The molecular formula is C42H60N8O6S. The summed E-state index contributed by atoms with van der Waals surface area (Å²) in [6.45, 7) is 11.7. The monoisotopic (exact) mass is 804 g/mol. The topological polar surface area (TPSA) is 199 Å². The van der Waals surface area contributed by atoms with Crippen molar-refractivity contribution in [1.29, 1.82) is 0 Å². The van der Waals surface area contributed by atoms with Crippen LogP contribution in [0.25, 0.3) is 10.8 Å². The van der Waals surface area contributed by atoms with Crippen molar-refractivity contribution in [2.24, 2.45) is 23.7 Å². The van der Waals surface area contributed by atoms with E-state index >= 15 is 0 Å². The number of aliphatic hydroxyl groups excluding tert-OH is 1. The lowest BCUT2D eigenvalue weighted by Gasteiger charge is -2.32. The summed E-state index contributed by atoms with van der Waals surface area (Å²) in [4.78, 5) is 54.7. The van der Waals surface area contributed by atoms with Crippen molar-refractivity contribution < 1.29 is 27.9 Å². The number of hydrogen-bond donors (Lipinski definition) is 6. The summed E-state index contributed by atoms with van der Waals surface area (Å²) in [7, 11) is -0.500. The van der Waals surface area contributed by atoms with Gasteiger partial charge in [0.05, 0.1) is 35.6 Å². The van der Waals surface area contributed by atoms with Crippen LogP contribution in [0.5, 0.6) is 0 Å². The number of benzene rings is 2. The number of rotatable bonds is 21. The number of anilines is 1. The second-order valence-electron chi connectivity index (χ2n) is 15.8. The molecule has 310 valence electrons. The van der Waals surface area contributed by atoms with Crippen LogP contribution in [0.4, 0.5) is 5.69 Å². The molecule has 6 atom stereocenters. The zero-order valence-corrected chi connectivity index (χ0v) is 35.1. The first kappa shape index (κ1) is 44.8. The van der Waals surface area contributed by atoms with Crippen LogP contribution in [0.1, 0.15) is 72.2 Å². The van der Waals surface area contributed by atoms with Crippen LogP contribution in [0.2, 0.25) is 0 Å². The molecule has 57 heavy (non-hydrogen) atoms. The van der Waals surface area contributed by atoms with Crippen LogP contribution in [0.3, 0.4) is 0 Å². The van der Waals surface area contributed by atoms with Gasteiger partial charge in [-0.25, -0.2) is 13.4 Å². The molecule has 2 aromatic carbocycles. The van der Waals surface area contributed by atoms with Crippen LogP contribution in [-0.4, -0.2) is 84.5 Å². The van der Waals surface area contributed by atoms with Crippen LogP contribution in [-0.2, 0) is 37.4 Å². The SMILES string of the molecule is CC[C@H](C)[C@H](NC(=O)[C@@H](CC(O)[C@H](CC(C)C)NC(=O)[C@H](Cc1cnc[nH]1)NS(=O)(=O)c1cccc2c(N(C)C)cccc12)C(C)C)C(=O)NCc1ccccn1. The fraction of sp³-hybridized carbons (Fsp3) is 0.500. The Kier molecular flexibility index (Phi) is 16.2.